The first-order valence-corrected chi connectivity index (χ1v) is 41.0. The summed E-state index contributed by atoms with van der Waals surface area (Å²) in [6, 6.07) is 23.2. The van der Waals surface area contributed by atoms with Crippen molar-refractivity contribution >= 4 is 85.4 Å². The van der Waals surface area contributed by atoms with Crippen LogP contribution < -0.4 is 15.3 Å². The molecule has 2 aromatic heterocycles. The van der Waals surface area contributed by atoms with Gasteiger partial charge in [0.05, 0.1) is 0 Å². The van der Waals surface area contributed by atoms with Gasteiger partial charge in [0.2, 0.25) is 0 Å². The van der Waals surface area contributed by atoms with Crippen molar-refractivity contribution in [3.63, 3.8) is 0 Å². The van der Waals surface area contributed by atoms with Gasteiger partial charge in [0.15, 0.2) is 0 Å². The Kier molecular flexibility index (Phi) is 14.2. The first kappa shape index (κ1) is 40.0. The molecule has 0 fully saturated rings. The van der Waals surface area contributed by atoms with E-state index in [9.17, 15) is 0 Å². The third-order valence-corrected chi connectivity index (χ3v) is 31.4. The Morgan fingerprint density at radius 1 is 0.560 bits per heavy atom. The Labute approximate surface area is 320 Å². The Hall–Kier alpha value is -1.22. The molecule has 6 heteroatoms. The Bertz CT molecular complexity index is 1670. The first-order valence-electron chi connectivity index (χ1n) is 19.4. The second-order valence-corrected chi connectivity index (χ2v) is 49.4. The Morgan fingerprint density at radius 3 is 1.30 bits per heavy atom. The fourth-order valence-corrected chi connectivity index (χ4v) is 19.7. The molecule has 2 unspecified atom stereocenters. The second-order valence-electron chi connectivity index (χ2n) is 16.5. The Morgan fingerprint density at radius 2 is 0.960 bits per heavy atom. The summed E-state index contributed by atoms with van der Waals surface area (Å²) in [4.78, 5) is 15.3. The number of fused-ring (bicyclic) bond motifs is 2. The van der Waals surface area contributed by atoms with Gasteiger partial charge in [0, 0.05) is 0 Å². The third-order valence-electron chi connectivity index (χ3n) is 10.2. The quantitative estimate of drug-likeness (QED) is 0.0816. The topological polar surface area (TPSA) is 18.5 Å². The molecule has 0 bridgehead atoms. The zero-order chi connectivity index (χ0) is 36.1. The van der Waals surface area contributed by atoms with Gasteiger partial charge < -0.3 is 0 Å². The minimum atomic E-state index is -2.42. The summed E-state index contributed by atoms with van der Waals surface area (Å²) in [6.07, 6.45) is 9.85. The SMILES string of the molecule is CCCCC(CC)COc1cccc(-c2c3c[c]([Sn]([CH3])([CH3])[CH3])sc3c(-c3cccc(OCC(CC)CCCC)c3)c3c[c]([Sn]([CH3])([CH3])[CH3])sc23)c1. The van der Waals surface area contributed by atoms with E-state index in [-0.39, 0.29) is 0 Å². The van der Waals surface area contributed by atoms with Crippen LogP contribution in [0.25, 0.3) is 42.4 Å². The second kappa shape index (κ2) is 17.7. The van der Waals surface area contributed by atoms with Crippen LogP contribution in [-0.2, 0) is 0 Å². The molecule has 0 spiro atoms. The van der Waals surface area contributed by atoms with Crippen LogP contribution in [0.5, 0.6) is 11.5 Å². The molecule has 0 saturated carbocycles. The number of hydrogen-bond donors (Lipinski definition) is 0. The van der Waals surface area contributed by atoms with Crippen molar-refractivity contribution in [1.82, 2.24) is 0 Å². The third kappa shape index (κ3) is 9.65. The fraction of sp³-hybridized carbons (Fsp3) is 0.500. The van der Waals surface area contributed by atoms with Crippen LogP contribution >= 0.6 is 22.7 Å². The van der Waals surface area contributed by atoms with Gasteiger partial charge in [-0.1, -0.05) is 26.7 Å². The zero-order valence-electron chi connectivity index (χ0n) is 32.6. The minimum absolute atomic E-state index is 0.609. The first-order chi connectivity index (χ1) is 23.9. The van der Waals surface area contributed by atoms with E-state index in [1.54, 1.807) is 5.79 Å². The van der Waals surface area contributed by atoms with Crippen molar-refractivity contribution in [1.29, 1.82) is 0 Å². The van der Waals surface area contributed by atoms with Crippen molar-refractivity contribution in [2.24, 2.45) is 11.8 Å². The van der Waals surface area contributed by atoms with E-state index in [1.807, 2.05) is 0 Å². The maximum atomic E-state index is 6.55. The van der Waals surface area contributed by atoms with Crippen molar-refractivity contribution in [2.75, 3.05) is 13.2 Å². The maximum absolute atomic E-state index is 6.55. The summed E-state index contributed by atoms with van der Waals surface area (Å²) in [5.41, 5.74) is 5.38. The van der Waals surface area contributed by atoms with Crippen molar-refractivity contribution in [3.05, 3.63) is 60.7 Å². The Balaban J connectivity index is 1.68. The van der Waals surface area contributed by atoms with Crippen molar-refractivity contribution < 1.29 is 9.47 Å². The van der Waals surface area contributed by atoms with Gasteiger partial charge in [-0.2, -0.15) is 0 Å². The number of ether oxygens (including phenoxy) is 2. The molecule has 0 saturated heterocycles. The molecular weight excluding hydrogens is 862 g/mol. The van der Waals surface area contributed by atoms with Crippen LogP contribution in [0, 0.1) is 11.8 Å². The average molecular weight is 925 g/mol. The van der Waals surface area contributed by atoms with Crippen LogP contribution in [0.1, 0.15) is 79.1 Å². The van der Waals surface area contributed by atoms with Crippen LogP contribution in [0.2, 0.25) is 29.6 Å². The molecule has 2 atom stereocenters. The number of benzene rings is 3. The van der Waals surface area contributed by atoms with E-state index >= 15 is 0 Å². The van der Waals surface area contributed by atoms with E-state index in [4.69, 9.17) is 9.47 Å². The monoisotopic (exact) mass is 926 g/mol. The summed E-state index contributed by atoms with van der Waals surface area (Å²) in [5, 5.41) is 2.83. The molecule has 0 amide bonds. The number of hydrogen-bond acceptors (Lipinski definition) is 4. The molecule has 5 aromatic rings. The van der Waals surface area contributed by atoms with Crippen LogP contribution in [0.3, 0.4) is 0 Å². The molecule has 0 aliphatic rings. The van der Waals surface area contributed by atoms with E-state index in [1.165, 1.54) is 93.8 Å². The molecule has 0 radical (unpaired) electrons. The van der Waals surface area contributed by atoms with Gasteiger partial charge in [-0.25, -0.2) is 0 Å². The predicted octanol–water partition coefficient (Wildman–Crippen LogP) is 13.7. The number of rotatable bonds is 18. The fourth-order valence-electron chi connectivity index (χ4n) is 6.79. The molecule has 0 aliphatic heterocycles. The van der Waals surface area contributed by atoms with Gasteiger partial charge in [-0.05, 0) is 0 Å². The molecule has 2 heterocycles. The van der Waals surface area contributed by atoms with E-state index < -0.39 is 36.8 Å². The summed E-state index contributed by atoms with van der Waals surface area (Å²) >= 11 is -0.683. The molecule has 50 heavy (non-hydrogen) atoms. The van der Waals surface area contributed by atoms with Crippen LogP contribution in [-0.4, -0.2) is 50.0 Å². The van der Waals surface area contributed by atoms with Crippen LogP contribution in [0.4, 0.5) is 0 Å². The predicted molar refractivity (Wildman–Crippen MR) is 232 cm³/mol. The summed E-state index contributed by atoms with van der Waals surface area (Å²) < 4.78 is 19.2. The van der Waals surface area contributed by atoms with Gasteiger partial charge in [0.25, 0.3) is 0 Å². The van der Waals surface area contributed by atoms with Crippen molar-refractivity contribution in [2.45, 2.75) is 109 Å². The van der Waals surface area contributed by atoms with E-state index in [2.05, 4.69) is 141 Å². The summed E-state index contributed by atoms with van der Waals surface area (Å²) in [5.74, 6) is 3.21. The zero-order valence-corrected chi connectivity index (χ0v) is 40.0. The van der Waals surface area contributed by atoms with Crippen molar-refractivity contribution in [3.8, 4) is 33.8 Å². The standard InChI is InChI=1S/C38H44O2S2.6CH3.2Sn/c1-5-9-13-27(7-3)25-39-31-17-11-15-29(23-31)35-33-19-21-42-38(33)36(34-20-22-41-37(34)35)30-16-12-18-32(24-30)40-26-28(8-4)14-10-6-2;;;;;;;;/h11-12,15-20,23-24,27-28H,5-10,13-14,25-26H2,1-4H3;6*1H3;;. The average Bonchev–Trinajstić information content (AvgIpc) is 3.73. The van der Waals surface area contributed by atoms with Gasteiger partial charge in [-0.15, -0.1) is 0 Å². The van der Waals surface area contributed by atoms with E-state index in [0.717, 1.165) is 24.7 Å². The number of thiophene rings is 2. The molecule has 0 N–H and O–H groups in total. The number of unbranched alkanes of at least 4 members (excludes halogenated alkanes) is 2. The van der Waals surface area contributed by atoms with Crippen LogP contribution in [0.15, 0.2) is 60.7 Å². The molecule has 5 rings (SSSR count). The molecular formula is C44H62O2S2Sn2. The van der Waals surface area contributed by atoms with E-state index in [0.29, 0.717) is 11.8 Å². The molecule has 3 aromatic carbocycles. The molecule has 270 valence electrons. The molecule has 0 aliphatic carbocycles. The van der Waals surface area contributed by atoms with Gasteiger partial charge >= 0.3 is 296 Å². The van der Waals surface area contributed by atoms with Gasteiger partial charge in [0.1, 0.15) is 0 Å². The normalized spacial score (nSPS) is 13.6. The van der Waals surface area contributed by atoms with Gasteiger partial charge in [-0.3, -0.25) is 0 Å². The summed E-state index contributed by atoms with van der Waals surface area (Å²) in [7, 11) is 0. The summed E-state index contributed by atoms with van der Waals surface area (Å²) in [6.45, 7) is 10.8. The molecule has 2 nitrogen and oxygen atoms in total.